The van der Waals surface area contributed by atoms with Crippen molar-refractivity contribution in [1.29, 1.82) is 0 Å². The third-order valence-corrected chi connectivity index (χ3v) is 4.18. The van der Waals surface area contributed by atoms with E-state index >= 15 is 0 Å². The van der Waals surface area contributed by atoms with Crippen molar-refractivity contribution in [3.05, 3.63) is 71.2 Å². The molecule has 7 nitrogen and oxygen atoms in total. The molecule has 1 aromatic heterocycles. The Morgan fingerprint density at radius 3 is 2.62 bits per heavy atom. The molecule has 2 N–H and O–H groups in total. The van der Waals surface area contributed by atoms with Gasteiger partial charge in [0, 0.05) is 12.6 Å². The molecule has 1 aliphatic heterocycles. The Balaban J connectivity index is 1.49. The second-order valence-electron chi connectivity index (χ2n) is 6.28. The lowest BCUT2D eigenvalue weighted by molar-refractivity contribution is 0.102. The van der Waals surface area contributed by atoms with E-state index in [-0.39, 0.29) is 12.5 Å². The molecular weight excluding hydrogens is 382 g/mol. The zero-order valence-corrected chi connectivity index (χ0v) is 15.3. The molecule has 1 amide bonds. The molecular formula is C20H16F2N4O3. The normalized spacial score (nSPS) is 12.0. The molecule has 0 unspecified atom stereocenters. The van der Waals surface area contributed by atoms with Crippen LogP contribution in [0.2, 0.25) is 0 Å². The zero-order valence-electron chi connectivity index (χ0n) is 15.3. The number of ether oxygens (including phenoxy) is 2. The lowest BCUT2D eigenvalue weighted by atomic mass is 10.2. The molecule has 0 saturated carbocycles. The number of aryl methyl sites for hydroxylation is 1. The fourth-order valence-corrected chi connectivity index (χ4v) is 2.81. The number of nitrogens with one attached hydrogen (secondary N) is 2. The van der Waals surface area contributed by atoms with Crippen LogP contribution in [0.5, 0.6) is 11.5 Å². The number of hydrogen-bond donors (Lipinski definition) is 2. The molecule has 3 aromatic rings. The zero-order chi connectivity index (χ0) is 20.4. The van der Waals surface area contributed by atoms with Crippen LogP contribution < -0.4 is 20.1 Å². The summed E-state index contributed by atoms with van der Waals surface area (Å²) in [5, 5.41) is 5.31. The predicted octanol–water partition coefficient (Wildman–Crippen LogP) is 3.66. The SMILES string of the molecule is Cc1nc(NCc2ccc3c(c2)OCO3)cc(C(=O)Nc2c(F)cccc2F)n1. The Morgan fingerprint density at radius 2 is 1.83 bits per heavy atom. The molecule has 0 atom stereocenters. The van der Waals surface area contributed by atoms with E-state index < -0.39 is 23.2 Å². The summed E-state index contributed by atoms with van der Waals surface area (Å²) in [7, 11) is 0. The van der Waals surface area contributed by atoms with Crippen LogP contribution >= 0.6 is 0 Å². The van der Waals surface area contributed by atoms with Crippen molar-refractivity contribution < 1.29 is 23.0 Å². The monoisotopic (exact) mass is 398 g/mol. The maximum Gasteiger partial charge on any atom is 0.274 e. The molecule has 0 spiro atoms. The van der Waals surface area contributed by atoms with E-state index in [1.54, 1.807) is 6.92 Å². The van der Waals surface area contributed by atoms with Gasteiger partial charge in [0.25, 0.3) is 5.91 Å². The number of fused-ring (bicyclic) bond motifs is 1. The van der Waals surface area contributed by atoms with Crippen molar-refractivity contribution in [2.75, 3.05) is 17.4 Å². The van der Waals surface area contributed by atoms with Crippen molar-refractivity contribution in [1.82, 2.24) is 9.97 Å². The number of benzene rings is 2. The van der Waals surface area contributed by atoms with Gasteiger partial charge in [0.05, 0.1) is 0 Å². The Bertz CT molecular complexity index is 1070. The van der Waals surface area contributed by atoms with Gasteiger partial charge in [-0.25, -0.2) is 18.7 Å². The van der Waals surface area contributed by atoms with Gasteiger partial charge < -0.3 is 20.1 Å². The highest BCUT2D eigenvalue weighted by Gasteiger charge is 2.16. The second kappa shape index (κ2) is 7.70. The van der Waals surface area contributed by atoms with E-state index in [4.69, 9.17) is 9.47 Å². The third kappa shape index (κ3) is 4.08. The first kappa shape index (κ1) is 18.6. The van der Waals surface area contributed by atoms with Crippen LogP contribution in [0.3, 0.4) is 0 Å². The number of aromatic nitrogens is 2. The van der Waals surface area contributed by atoms with Gasteiger partial charge in [-0.05, 0) is 36.8 Å². The highest BCUT2D eigenvalue weighted by atomic mass is 19.1. The number of halogens is 2. The van der Waals surface area contributed by atoms with E-state index in [1.807, 2.05) is 18.2 Å². The summed E-state index contributed by atoms with van der Waals surface area (Å²) in [5.41, 5.74) is 0.377. The van der Waals surface area contributed by atoms with Crippen LogP contribution in [0.4, 0.5) is 20.3 Å². The van der Waals surface area contributed by atoms with Gasteiger partial charge in [-0.15, -0.1) is 0 Å². The minimum atomic E-state index is -0.870. The smallest absolute Gasteiger partial charge is 0.274 e. The minimum Gasteiger partial charge on any atom is -0.454 e. The molecule has 2 heterocycles. The average Bonchev–Trinajstić information content (AvgIpc) is 3.16. The number of amides is 1. The molecule has 1 aliphatic rings. The Labute approximate surface area is 164 Å². The lowest BCUT2D eigenvalue weighted by Gasteiger charge is -2.10. The standard InChI is InChI=1S/C20H16F2N4O3/c1-11-24-15(20(27)26-19-13(21)3-2-4-14(19)22)8-18(25-11)23-9-12-5-6-16-17(7-12)29-10-28-16/h2-8H,9-10H2,1H3,(H,26,27)(H,23,24,25). The number of carbonyl (C=O) groups is 1. The molecule has 29 heavy (non-hydrogen) atoms. The molecule has 0 bridgehead atoms. The first-order valence-electron chi connectivity index (χ1n) is 8.73. The summed E-state index contributed by atoms with van der Waals surface area (Å²) in [6.45, 7) is 2.22. The van der Waals surface area contributed by atoms with E-state index in [1.165, 1.54) is 12.1 Å². The number of carbonyl (C=O) groups excluding carboxylic acids is 1. The highest BCUT2D eigenvalue weighted by Crippen LogP contribution is 2.32. The van der Waals surface area contributed by atoms with Gasteiger partial charge in [0.2, 0.25) is 6.79 Å². The molecule has 0 saturated heterocycles. The van der Waals surface area contributed by atoms with Crippen molar-refractivity contribution in [3.63, 3.8) is 0 Å². The summed E-state index contributed by atoms with van der Waals surface area (Å²) in [6.07, 6.45) is 0. The van der Waals surface area contributed by atoms with Crippen LogP contribution in [0.1, 0.15) is 21.9 Å². The van der Waals surface area contributed by atoms with Crippen molar-refractivity contribution in [2.45, 2.75) is 13.5 Å². The number of anilines is 2. The first-order chi connectivity index (χ1) is 14.0. The van der Waals surface area contributed by atoms with E-state index in [0.29, 0.717) is 29.7 Å². The summed E-state index contributed by atoms with van der Waals surface area (Å²) in [4.78, 5) is 20.7. The molecule has 0 aliphatic carbocycles. The molecule has 2 aromatic carbocycles. The van der Waals surface area contributed by atoms with Gasteiger partial charge in [-0.3, -0.25) is 4.79 Å². The van der Waals surface area contributed by atoms with Gasteiger partial charge >= 0.3 is 0 Å². The van der Waals surface area contributed by atoms with Gasteiger partial charge in [-0.1, -0.05) is 12.1 Å². The molecule has 0 fully saturated rings. The Kier molecular flexibility index (Phi) is 4.94. The predicted molar refractivity (Wildman–Crippen MR) is 101 cm³/mol. The van der Waals surface area contributed by atoms with Crippen molar-refractivity contribution in [3.8, 4) is 11.5 Å². The largest absolute Gasteiger partial charge is 0.454 e. The molecule has 0 radical (unpaired) electrons. The van der Waals surface area contributed by atoms with Crippen molar-refractivity contribution >= 4 is 17.4 Å². The Hall–Kier alpha value is -3.75. The summed E-state index contributed by atoms with van der Waals surface area (Å²) in [6, 6.07) is 10.3. The topological polar surface area (TPSA) is 85.4 Å². The lowest BCUT2D eigenvalue weighted by Crippen LogP contribution is -2.17. The quantitative estimate of drug-likeness (QED) is 0.682. The van der Waals surface area contributed by atoms with Gasteiger partial charge in [0.1, 0.15) is 34.7 Å². The van der Waals surface area contributed by atoms with Crippen LogP contribution in [0, 0.1) is 18.6 Å². The summed E-state index contributed by atoms with van der Waals surface area (Å²) < 4.78 is 38.2. The maximum absolute atomic E-state index is 13.8. The van der Waals surface area contributed by atoms with Crippen LogP contribution in [-0.2, 0) is 6.54 Å². The van der Waals surface area contributed by atoms with E-state index in [9.17, 15) is 13.6 Å². The van der Waals surface area contributed by atoms with Crippen molar-refractivity contribution in [2.24, 2.45) is 0 Å². The summed E-state index contributed by atoms with van der Waals surface area (Å²) in [5.74, 6) is -0.406. The number of para-hydroxylation sites is 1. The number of rotatable bonds is 5. The van der Waals surface area contributed by atoms with E-state index in [2.05, 4.69) is 20.6 Å². The molecule has 4 rings (SSSR count). The minimum absolute atomic E-state index is 0.0201. The van der Waals surface area contributed by atoms with Crippen LogP contribution in [-0.4, -0.2) is 22.7 Å². The maximum atomic E-state index is 13.8. The van der Waals surface area contributed by atoms with Gasteiger partial charge in [0.15, 0.2) is 11.5 Å². The average molecular weight is 398 g/mol. The van der Waals surface area contributed by atoms with Crippen LogP contribution in [0.25, 0.3) is 0 Å². The third-order valence-electron chi connectivity index (χ3n) is 4.18. The Morgan fingerprint density at radius 1 is 1.07 bits per heavy atom. The molecule has 9 heteroatoms. The fraction of sp³-hybridized carbons (Fsp3) is 0.150. The number of nitrogens with zero attached hydrogens (tertiary/aromatic N) is 2. The van der Waals surface area contributed by atoms with Gasteiger partial charge in [-0.2, -0.15) is 0 Å². The number of hydrogen-bond acceptors (Lipinski definition) is 6. The second-order valence-corrected chi connectivity index (χ2v) is 6.28. The molecule has 148 valence electrons. The first-order valence-corrected chi connectivity index (χ1v) is 8.73. The van der Waals surface area contributed by atoms with E-state index in [0.717, 1.165) is 17.7 Å². The summed E-state index contributed by atoms with van der Waals surface area (Å²) >= 11 is 0. The highest BCUT2D eigenvalue weighted by molar-refractivity contribution is 6.03. The fourth-order valence-electron chi connectivity index (χ4n) is 2.81. The van der Waals surface area contributed by atoms with Crippen LogP contribution in [0.15, 0.2) is 42.5 Å².